The van der Waals surface area contributed by atoms with E-state index in [1.165, 1.54) is 19.8 Å². The third kappa shape index (κ3) is 4.86. The van der Waals surface area contributed by atoms with Crippen molar-refractivity contribution in [1.29, 1.82) is 5.41 Å². The van der Waals surface area contributed by atoms with Crippen LogP contribution in [0, 0.1) is 5.41 Å². The molecule has 0 atom stereocenters. The van der Waals surface area contributed by atoms with Crippen molar-refractivity contribution in [2.45, 2.75) is 57.5 Å². The Hall–Kier alpha value is -0.900. The molecule has 0 bridgehead atoms. The fourth-order valence-corrected chi connectivity index (χ4v) is 2.46. The van der Waals surface area contributed by atoms with Gasteiger partial charge in [0, 0.05) is 19.7 Å². The summed E-state index contributed by atoms with van der Waals surface area (Å²) in [6.07, 6.45) is 7.41. The Morgan fingerprint density at radius 2 is 2.00 bits per heavy atom. The molecule has 0 saturated heterocycles. The summed E-state index contributed by atoms with van der Waals surface area (Å²) in [7, 11) is 1.79. The van der Waals surface area contributed by atoms with E-state index < -0.39 is 0 Å². The zero-order valence-electron chi connectivity index (χ0n) is 10.9. The quantitative estimate of drug-likeness (QED) is 0.550. The van der Waals surface area contributed by atoms with Crippen molar-refractivity contribution in [3.63, 3.8) is 0 Å². The zero-order chi connectivity index (χ0) is 12.7. The van der Waals surface area contributed by atoms with Crippen molar-refractivity contribution in [2.24, 2.45) is 0 Å². The van der Waals surface area contributed by atoms with Gasteiger partial charge >= 0.3 is 5.97 Å². The van der Waals surface area contributed by atoms with Gasteiger partial charge in [0.1, 0.15) is 6.61 Å². The van der Waals surface area contributed by atoms with Gasteiger partial charge in [0.15, 0.2) is 0 Å². The van der Waals surface area contributed by atoms with Crippen LogP contribution in [0.2, 0.25) is 0 Å². The number of hydrogen-bond acceptors (Lipinski definition) is 4. The minimum absolute atomic E-state index is 0.0573. The summed E-state index contributed by atoms with van der Waals surface area (Å²) < 4.78 is 10.4. The molecule has 1 saturated carbocycles. The maximum absolute atomic E-state index is 10.6. The van der Waals surface area contributed by atoms with Crippen LogP contribution in [0.4, 0.5) is 0 Å². The Labute approximate surface area is 103 Å². The number of hydrogen-bond donors (Lipinski definition) is 1. The Morgan fingerprint density at radius 3 is 2.53 bits per heavy atom. The number of rotatable bonds is 7. The van der Waals surface area contributed by atoms with E-state index in [2.05, 4.69) is 0 Å². The molecule has 4 heteroatoms. The molecule has 0 radical (unpaired) electrons. The van der Waals surface area contributed by atoms with Crippen molar-refractivity contribution in [3.8, 4) is 0 Å². The maximum atomic E-state index is 10.6. The third-order valence-electron chi connectivity index (χ3n) is 3.51. The lowest BCUT2D eigenvalue weighted by molar-refractivity contribution is -0.139. The van der Waals surface area contributed by atoms with Crippen LogP contribution in [0.15, 0.2) is 0 Å². The first-order chi connectivity index (χ1) is 8.08. The van der Waals surface area contributed by atoms with Gasteiger partial charge in [-0.1, -0.05) is 12.8 Å². The van der Waals surface area contributed by atoms with Gasteiger partial charge in [0.25, 0.3) is 0 Å². The molecular weight excluding hydrogens is 218 g/mol. The molecule has 1 fully saturated rings. The van der Waals surface area contributed by atoms with E-state index in [0.29, 0.717) is 12.1 Å². The Bertz CT molecular complexity index is 270. The van der Waals surface area contributed by atoms with E-state index in [1.807, 2.05) is 0 Å². The fraction of sp³-hybridized carbons (Fsp3) is 0.846. The van der Waals surface area contributed by atoms with Crippen molar-refractivity contribution in [1.82, 2.24) is 0 Å². The monoisotopic (exact) mass is 241 g/mol. The van der Waals surface area contributed by atoms with E-state index in [0.717, 1.165) is 25.7 Å². The van der Waals surface area contributed by atoms with Gasteiger partial charge in [-0.2, -0.15) is 0 Å². The summed E-state index contributed by atoms with van der Waals surface area (Å²) in [5.41, 5.74) is 0.547. The molecular formula is C13H23NO3. The highest BCUT2D eigenvalue weighted by Gasteiger charge is 2.32. The van der Waals surface area contributed by atoms with Crippen molar-refractivity contribution >= 4 is 11.7 Å². The van der Waals surface area contributed by atoms with Crippen LogP contribution in [0.5, 0.6) is 0 Å². The second-order valence-corrected chi connectivity index (χ2v) is 4.83. The molecule has 1 aliphatic carbocycles. The highest BCUT2D eigenvalue weighted by atomic mass is 16.5. The Kier molecular flexibility index (Phi) is 5.62. The van der Waals surface area contributed by atoms with Gasteiger partial charge in [0.05, 0.1) is 5.60 Å². The first-order valence-electron chi connectivity index (χ1n) is 6.33. The van der Waals surface area contributed by atoms with Crippen molar-refractivity contribution in [2.75, 3.05) is 13.7 Å². The summed E-state index contributed by atoms with van der Waals surface area (Å²) in [5.74, 6) is -0.320. The average molecular weight is 241 g/mol. The van der Waals surface area contributed by atoms with Crippen LogP contribution in [-0.2, 0) is 14.3 Å². The Morgan fingerprint density at radius 1 is 1.35 bits per heavy atom. The van der Waals surface area contributed by atoms with E-state index >= 15 is 0 Å². The van der Waals surface area contributed by atoms with Crippen LogP contribution in [0.3, 0.4) is 0 Å². The predicted molar refractivity (Wildman–Crippen MR) is 66.4 cm³/mol. The van der Waals surface area contributed by atoms with Gasteiger partial charge in [-0.05, 0) is 32.1 Å². The lowest BCUT2D eigenvalue weighted by Gasteiger charge is -2.27. The standard InChI is InChI=1S/C13H23NO3/c1-11(15)17-10-12(14)6-5-9-13(16-2)7-3-4-8-13/h14H,3-10H2,1-2H3. The van der Waals surface area contributed by atoms with Gasteiger partial charge in [0.2, 0.25) is 0 Å². The van der Waals surface area contributed by atoms with E-state index in [4.69, 9.17) is 14.9 Å². The maximum Gasteiger partial charge on any atom is 0.303 e. The highest BCUT2D eigenvalue weighted by molar-refractivity contribution is 5.84. The molecule has 17 heavy (non-hydrogen) atoms. The van der Waals surface area contributed by atoms with Gasteiger partial charge in [-0.15, -0.1) is 0 Å². The molecule has 0 aliphatic heterocycles. The van der Waals surface area contributed by atoms with Gasteiger partial charge in [-0.3, -0.25) is 4.79 Å². The highest BCUT2D eigenvalue weighted by Crippen LogP contribution is 2.36. The summed E-state index contributed by atoms with van der Waals surface area (Å²) in [6.45, 7) is 1.50. The summed E-state index contributed by atoms with van der Waals surface area (Å²) in [6, 6.07) is 0. The topological polar surface area (TPSA) is 59.4 Å². The van der Waals surface area contributed by atoms with E-state index in [9.17, 15) is 4.79 Å². The van der Waals surface area contributed by atoms with E-state index in [1.54, 1.807) is 7.11 Å². The second kappa shape index (κ2) is 6.74. The first kappa shape index (κ1) is 14.2. The molecule has 0 spiro atoms. The van der Waals surface area contributed by atoms with Crippen LogP contribution in [0.1, 0.15) is 51.9 Å². The van der Waals surface area contributed by atoms with Crippen molar-refractivity contribution < 1.29 is 14.3 Å². The molecule has 0 unspecified atom stereocenters. The second-order valence-electron chi connectivity index (χ2n) is 4.83. The molecule has 4 nitrogen and oxygen atoms in total. The molecule has 0 heterocycles. The minimum atomic E-state index is -0.320. The number of carbonyl (C=O) groups is 1. The molecule has 0 amide bonds. The molecule has 1 aliphatic rings. The summed E-state index contributed by atoms with van der Waals surface area (Å²) in [5, 5.41) is 7.66. The third-order valence-corrected chi connectivity index (χ3v) is 3.51. The van der Waals surface area contributed by atoms with Crippen LogP contribution < -0.4 is 0 Å². The smallest absolute Gasteiger partial charge is 0.303 e. The van der Waals surface area contributed by atoms with Crippen LogP contribution >= 0.6 is 0 Å². The molecule has 0 aromatic heterocycles. The SMILES string of the molecule is COC1(CCCC(=N)COC(C)=O)CCCC1. The molecule has 1 rings (SSSR count). The Balaban J connectivity index is 2.18. The van der Waals surface area contributed by atoms with Gasteiger partial charge in [-0.25, -0.2) is 0 Å². The summed E-state index contributed by atoms with van der Waals surface area (Å²) >= 11 is 0. The number of methoxy groups -OCH3 is 1. The minimum Gasteiger partial charge on any atom is -0.460 e. The molecule has 98 valence electrons. The van der Waals surface area contributed by atoms with Gasteiger partial charge < -0.3 is 14.9 Å². The number of nitrogens with one attached hydrogen (secondary N) is 1. The number of carbonyl (C=O) groups excluding carboxylic acids is 1. The van der Waals surface area contributed by atoms with Crippen molar-refractivity contribution in [3.05, 3.63) is 0 Å². The predicted octanol–water partition coefficient (Wildman–Crippen LogP) is 2.70. The number of esters is 1. The molecule has 0 aromatic carbocycles. The molecule has 1 N–H and O–H groups in total. The fourth-order valence-electron chi connectivity index (χ4n) is 2.46. The zero-order valence-corrected chi connectivity index (χ0v) is 10.9. The van der Waals surface area contributed by atoms with Crippen LogP contribution in [0.25, 0.3) is 0 Å². The normalized spacial score (nSPS) is 18.0. The average Bonchev–Trinajstić information content (AvgIpc) is 2.76. The van der Waals surface area contributed by atoms with Crippen LogP contribution in [-0.4, -0.2) is 31.0 Å². The lowest BCUT2D eigenvalue weighted by Crippen LogP contribution is -2.27. The van der Waals surface area contributed by atoms with E-state index in [-0.39, 0.29) is 18.2 Å². The molecule has 0 aromatic rings. The summed E-state index contributed by atoms with van der Waals surface area (Å²) in [4.78, 5) is 10.6. The lowest BCUT2D eigenvalue weighted by atomic mass is 9.94. The largest absolute Gasteiger partial charge is 0.460 e. The first-order valence-corrected chi connectivity index (χ1v) is 6.33. The number of ether oxygens (including phenoxy) is 2.